The van der Waals surface area contributed by atoms with Crippen LogP contribution < -0.4 is 10.6 Å². The van der Waals surface area contributed by atoms with Gasteiger partial charge in [-0.15, -0.1) is 0 Å². The number of amides is 2. The molecule has 140 valence electrons. The Balaban J connectivity index is 1.58. The molecular weight excluding hydrogens is 350 g/mol. The third-order valence-electron chi connectivity index (χ3n) is 4.24. The summed E-state index contributed by atoms with van der Waals surface area (Å²) in [5.41, 5.74) is 0.993. The molecule has 0 bridgehead atoms. The monoisotopic (exact) mass is 369 g/mol. The number of hydrogen-bond donors (Lipinski definition) is 2. The van der Waals surface area contributed by atoms with Crippen molar-refractivity contribution in [2.45, 2.75) is 18.9 Å². The lowest BCUT2D eigenvalue weighted by atomic mass is 10.1. The molecule has 1 fully saturated rings. The standard InChI is InChI=1S/C19H19N3O5/c23-18(20-12-17-5-2-10-27-17)13-6-8-15(9-7-13)21-19(24)14-3-1-4-16(11-14)22(25)26/h1,3-4,6-9,11,17H,2,5,10,12H2,(H,20,23)(H,21,24)/t17-/m0/s1. The van der Waals surface area contributed by atoms with Gasteiger partial charge in [0.1, 0.15) is 0 Å². The van der Waals surface area contributed by atoms with Crippen LogP contribution in [0.25, 0.3) is 0 Å². The van der Waals surface area contributed by atoms with Gasteiger partial charge in [-0.25, -0.2) is 0 Å². The van der Waals surface area contributed by atoms with Crippen LogP contribution in [0.3, 0.4) is 0 Å². The summed E-state index contributed by atoms with van der Waals surface area (Å²) in [6.45, 7) is 1.21. The lowest BCUT2D eigenvalue weighted by molar-refractivity contribution is -0.384. The number of nitro benzene ring substituents is 1. The summed E-state index contributed by atoms with van der Waals surface area (Å²) in [6, 6.07) is 11.9. The molecule has 0 aliphatic carbocycles. The molecule has 1 aliphatic heterocycles. The van der Waals surface area contributed by atoms with Crippen LogP contribution in [0.4, 0.5) is 11.4 Å². The number of nitrogens with zero attached hydrogens (tertiary/aromatic N) is 1. The first-order valence-corrected chi connectivity index (χ1v) is 8.58. The Morgan fingerprint density at radius 2 is 1.89 bits per heavy atom. The van der Waals surface area contributed by atoms with Crippen LogP contribution in [0.5, 0.6) is 0 Å². The number of hydrogen-bond acceptors (Lipinski definition) is 5. The largest absolute Gasteiger partial charge is 0.376 e. The van der Waals surface area contributed by atoms with Crippen molar-refractivity contribution >= 4 is 23.2 Å². The Hall–Kier alpha value is -3.26. The molecule has 0 unspecified atom stereocenters. The molecule has 8 nitrogen and oxygen atoms in total. The summed E-state index contributed by atoms with van der Waals surface area (Å²) in [5, 5.41) is 16.3. The number of carbonyl (C=O) groups excluding carboxylic acids is 2. The molecule has 0 aromatic heterocycles. The van der Waals surface area contributed by atoms with Gasteiger partial charge in [-0.2, -0.15) is 0 Å². The van der Waals surface area contributed by atoms with Crippen LogP contribution in [-0.2, 0) is 4.74 Å². The van der Waals surface area contributed by atoms with E-state index in [1.54, 1.807) is 24.3 Å². The Bertz CT molecular complexity index is 845. The van der Waals surface area contributed by atoms with Gasteiger partial charge in [-0.05, 0) is 43.2 Å². The van der Waals surface area contributed by atoms with E-state index in [0.717, 1.165) is 19.4 Å². The summed E-state index contributed by atoms with van der Waals surface area (Å²) < 4.78 is 5.46. The van der Waals surface area contributed by atoms with Crippen molar-refractivity contribution in [1.82, 2.24) is 5.32 Å². The number of anilines is 1. The summed E-state index contributed by atoms with van der Waals surface area (Å²) in [5.74, 6) is -0.670. The molecular formula is C19H19N3O5. The van der Waals surface area contributed by atoms with Crippen LogP contribution in [0.2, 0.25) is 0 Å². The zero-order valence-electron chi connectivity index (χ0n) is 14.5. The first-order chi connectivity index (χ1) is 13.0. The molecule has 2 aromatic carbocycles. The van der Waals surface area contributed by atoms with E-state index in [9.17, 15) is 19.7 Å². The van der Waals surface area contributed by atoms with E-state index < -0.39 is 10.8 Å². The fourth-order valence-corrected chi connectivity index (χ4v) is 2.78. The second-order valence-corrected chi connectivity index (χ2v) is 6.18. The predicted octanol–water partition coefficient (Wildman–Crippen LogP) is 2.76. The first-order valence-electron chi connectivity index (χ1n) is 8.58. The van der Waals surface area contributed by atoms with Crippen LogP contribution in [0.1, 0.15) is 33.6 Å². The van der Waals surface area contributed by atoms with Gasteiger partial charge in [0.25, 0.3) is 17.5 Å². The molecule has 2 aromatic rings. The average molecular weight is 369 g/mol. The number of non-ortho nitro benzene ring substituents is 1. The van der Waals surface area contributed by atoms with Gasteiger partial charge in [0, 0.05) is 42.1 Å². The zero-order valence-corrected chi connectivity index (χ0v) is 14.5. The summed E-state index contributed by atoms with van der Waals surface area (Å²) in [6.07, 6.45) is 2.03. The van der Waals surface area contributed by atoms with Crippen molar-refractivity contribution in [1.29, 1.82) is 0 Å². The van der Waals surface area contributed by atoms with E-state index in [2.05, 4.69) is 10.6 Å². The summed E-state index contributed by atoms with van der Waals surface area (Å²) >= 11 is 0. The van der Waals surface area contributed by atoms with E-state index in [4.69, 9.17) is 4.74 Å². The molecule has 0 spiro atoms. The Kier molecular flexibility index (Phi) is 5.77. The molecule has 2 amide bonds. The first kappa shape index (κ1) is 18.5. The highest BCUT2D eigenvalue weighted by Crippen LogP contribution is 2.16. The third-order valence-corrected chi connectivity index (χ3v) is 4.24. The number of carbonyl (C=O) groups is 2. The van der Waals surface area contributed by atoms with Crippen molar-refractivity contribution in [2.75, 3.05) is 18.5 Å². The van der Waals surface area contributed by atoms with Gasteiger partial charge in [0.2, 0.25) is 0 Å². The highest BCUT2D eigenvalue weighted by Gasteiger charge is 2.17. The quantitative estimate of drug-likeness (QED) is 0.601. The minimum absolute atomic E-state index is 0.0717. The molecule has 3 rings (SSSR count). The summed E-state index contributed by atoms with van der Waals surface area (Å²) in [7, 11) is 0. The highest BCUT2D eigenvalue weighted by atomic mass is 16.6. The van der Waals surface area contributed by atoms with Crippen molar-refractivity contribution in [2.24, 2.45) is 0 Å². The Labute approximate surface area is 155 Å². The molecule has 1 atom stereocenters. The van der Waals surface area contributed by atoms with E-state index in [1.165, 1.54) is 24.3 Å². The maximum Gasteiger partial charge on any atom is 0.270 e. The molecule has 1 saturated heterocycles. The van der Waals surface area contributed by atoms with Crippen LogP contribution in [0.15, 0.2) is 48.5 Å². The van der Waals surface area contributed by atoms with Crippen LogP contribution >= 0.6 is 0 Å². The van der Waals surface area contributed by atoms with Gasteiger partial charge >= 0.3 is 0 Å². The number of nitro groups is 1. The smallest absolute Gasteiger partial charge is 0.270 e. The molecule has 8 heteroatoms. The van der Waals surface area contributed by atoms with Crippen molar-refractivity contribution in [3.8, 4) is 0 Å². The zero-order chi connectivity index (χ0) is 19.2. The molecule has 2 N–H and O–H groups in total. The van der Waals surface area contributed by atoms with Gasteiger partial charge < -0.3 is 15.4 Å². The second kappa shape index (κ2) is 8.41. The predicted molar refractivity (Wildman–Crippen MR) is 98.8 cm³/mol. The molecule has 27 heavy (non-hydrogen) atoms. The Morgan fingerprint density at radius 3 is 2.56 bits per heavy atom. The minimum Gasteiger partial charge on any atom is -0.376 e. The average Bonchev–Trinajstić information content (AvgIpc) is 3.20. The van der Waals surface area contributed by atoms with E-state index in [0.29, 0.717) is 17.8 Å². The lowest BCUT2D eigenvalue weighted by Crippen LogP contribution is -2.31. The van der Waals surface area contributed by atoms with Crippen molar-refractivity contribution < 1.29 is 19.2 Å². The third kappa shape index (κ3) is 4.89. The Morgan fingerprint density at radius 1 is 1.11 bits per heavy atom. The van der Waals surface area contributed by atoms with Gasteiger partial charge in [0.15, 0.2) is 0 Å². The maximum absolute atomic E-state index is 12.2. The molecule has 1 aliphatic rings. The molecule has 0 saturated carbocycles. The fourth-order valence-electron chi connectivity index (χ4n) is 2.78. The topological polar surface area (TPSA) is 111 Å². The van der Waals surface area contributed by atoms with E-state index in [1.807, 2.05) is 0 Å². The van der Waals surface area contributed by atoms with E-state index in [-0.39, 0.29) is 23.3 Å². The van der Waals surface area contributed by atoms with Crippen LogP contribution in [-0.4, -0.2) is 36.0 Å². The number of ether oxygens (including phenoxy) is 1. The van der Waals surface area contributed by atoms with Gasteiger partial charge in [0.05, 0.1) is 11.0 Å². The normalized spacial score (nSPS) is 15.9. The summed E-state index contributed by atoms with van der Waals surface area (Å²) in [4.78, 5) is 34.6. The highest BCUT2D eigenvalue weighted by molar-refractivity contribution is 6.05. The minimum atomic E-state index is -0.555. The number of nitrogens with one attached hydrogen (secondary N) is 2. The van der Waals surface area contributed by atoms with E-state index >= 15 is 0 Å². The fraction of sp³-hybridized carbons (Fsp3) is 0.263. The molecule has 1 heterocycles. The van der Waals surface area contributed by atoms with Crippen molar-refractivity contribution in [3.05, 3.63) is 69.8 Å². The second-order valence-electron chi connectivity index (χ2n) is 6.18. The van der Waals surface area contributed by atoms with Gasteiger partial charge in [-0.1, -0.05) is 6.07 Å². The lowest BCUT2D eigenvalue weighted by Gasteiger charge is -2.11. The molecule has 0 radical (unpaired) electrons. The van der Waals surface area contributed by atoms with Gasteiger partial charge in [-0.3, -0.25) is 19.7 Å². The number of benzene rings is 2. The SMILES string of the molecule is O=C(NC[C@@H]1CCCO1)c1ccc(NC(=O)c2cccc([N+](=O)[O-])c2)cc1. The maximum atomic E-state index is 12.2. The van der Waals surface area contributed by atoms with Crippen molar-refractivity contribution in [3.63, 3.8) is 0 Å². The number of rotatable bonds is 6. The van der Waals surface area contributed by atoms with Crippen LogP contribution in [0, 0.1) is 10.1 Å².